The van der Waals surface area contributed by atoms with Crippen LogP contribution in [0.15, 0.2) is 60.9 Å². The fourth-order valence-corrected chi connectivity index (χ4v) is 3.63. The molecule has 0 radical (unpaired) electrons. The zero-order valence-electron chi connectivity index (χ0n) is 15.5. The van der Waals surface area contributed by atoms with E-state index in [4.69, 9.17) is 0 Å². The first-order valence-electron chi connectivity index (χ1n) is 8.98. The fourth-order valence-electron chi connectivity index (χ4n) is 3.63. The van der Waals surface area contributed by atoms with Crippen molar-refractivity contribution in [1.82, 2.24) is 9.88 Å². The third-order valence-corrected chi connectivity index (χ3v) is 4.85. The Bertz CT molecular complexity index is 1070. The van der Waals surface area contributed by atoms with Gasteiger partial charge in [-0.15, -0.1) is 13.2 Å². The van der Waals surface area contributed by atoms with Crippen molar-refractivity contribution >= 4 is 5.91 Å². The second kappa shape index (κ2) is 7.24. The Labute approximate surface area is 165 Å². The van der Waals surface area contributed by atoms with Gasteiger partial charge >= 0.3 is 6.36 Å². The molecule has 0 saturated heterocycles. The number of rotatable bonds is 4. The molecule has 0 spiro atoms. The van der Waals surface area contributed by atoms with Crippen molar-refractivity contribution in [3.8, 4) is 16.9 Å². The van der Waals surface area contributed by atoms with E-state index in [-0.39, 0.29) is 18.2 Å². The van der Waals surface area contributed by atoms with Gasteiger partial charge in [0.25, 0.3) is 5.91 Å². The Hall–Kier alpha value is -3.35. The number of benzene rings is 2. The third kappa shape index (κ3) is 3.94. The number of aryl methyl sites for hydroxylation is 1. The highest BCUT2D eigenvalue weighted by Gasteiger charge is 2.34. The zero-order chi connectivity index (χ0) is 20.6. The standard InChI is InChI=1S/C22H17F3N2O2/c1-14-10-17(15-6-8-26-9-7-15)11-18-13-27(21(28)20(14)18)12-16-4-2-3-5-19(16)29-22(23,24)25/h2-11H,12-13H2,1H3. The van der Waals surface area contributed by atoms with E-state index >= 15 is 0 Å². The molecule has 3 aromatic rings. The van der Waals surface area contributed by atoms with Gasteiger partial charge in [-0.1, -0.05) is 24.3 Å². The summed E-state index contributed by atoms with van der Waals surface area (Å²) in [6.45, 7) is 2.23. The molecule has 148 valence electrons. The van der Waals surface area contributed by atoms with E-state index in [1.165, 1.54) is 23.1 Å². The van der Waals surface area contributed by atoms with Crippen LogP contribution in [0.1, 0.15) is 27.0 Å². The van der Waals surface area contributed by atoms with Gasteiger partial charge in [0.1, 0.15) is 5.75 Å². The van der Waals surface area contributed by atoms with Crippen LogP contribution in [0.5, 0.6) is 5.75 Å². The van der Waals surface area contributed by atoms with Crippen LogP contribution >= 0.6 is 0 Å². The number of fused-ring (bicyclic) bond motifs is 1. The highest BCUT2D eigenvalue weighted by molar-refractivity contribution is 6.00. The summed E-state index contributed by atoms with van der Waals surface area (Å²) >= 11 is 0. The topological polar surface area (TPSA) is 42.4 Å². The first-order chi connectivity index (χ1) is 13.8. The van der Waals surface area contributed by atoms with Gasteiger partial charge in [0.15, 0.2) is 0 Å². The minimum absolute atomic E-state index is 0.0315. The number of ether oxygens (including phenoxy) is 1. The van der Waals surface area contributed by atoms with Crippen molar-refractivity contribution in [1.29, 1.82) is 0 Å². The van der Waals surface area contributed by atoms with Crippen LogP contribution in [0.2, 0.25) is 0 Å². The largest absolute Gasteiger partial charge is 0.573 e. The number of halogens is 3. The molecule has 0 N–H and O–H groups in total. The Morgan fingerprint density at radius 1 is 1.07 bits per heavy atom. The first kappa shape index (κ1) is 19.0. The summed E-state index contributed by atoms with van der Waals surface area (Å²) < 4.78 is 42.1. The maximum atomic E-state index is 12.9. The minimum atomic E-state index is -4.79. The summed E-state index contributed by atoms with van der Waals surface area (Å²) in [5, 5.41) is 0. The SMILES string of the molecule is Cc1cc(-c2ccncc2)cc2c1C(=O)N(Cc1ccccc1OC(F)(F)F)C2. The van der Waals surface area contributed by atoms with Gasteiger partial charge in [0, 0.05) is 36.6 Å². The molecule has 0 aliphatic carbocycles. The van der Waals surface area contributed by atoms with Gasteiger partial charge in [0.05, 0.1) is 0 Å². The average molecular weight is 398 g/mol. The molecule has 0 atom stereocenters. The Morgan fingerprint density at radius 2 is 1.79 bits per heavy atom. The van der Waals surface area contributed by atoms with Crippen LogP contribution in [0.4, 0.5) is 13.2 Å². The Morgan fingerprint density at radius 3 is 2.52 bits per heavy atom. The number of pyridine rings is 1. The molecular weight excluding hydrogens is 381 g/mol. The second-order valence-corrected chi connectivity index (χ2v) is 6.88. The van der Waals surface area contributed by atoms with Crippen molar-refractivity contribution in [2.45, 2.75) is 26.4 Å². The van der Waals surface area contributed by atoms with Gasteiger partial charge in [-0.2, -0.15) is 0 Å². The molecule has 29 heavy (non-hydrogen) atoms. The van der Waals surface area contributed by atoms with Crippen LogP contribution in [0.3, 0.4) is 0 Å². The molecule has 1 aromatic heterocycles. The molecule has 0 bridgehead atoms. The molecule has 2 aromatic carbocycles. The number of alkyl halides is 3. The Kier molecular flexibility index (Phi) is 4.74. The third-order valence-electron chi connectivity index (χ3n) is 4.85. The molecule has 2 heterocycles. The number of hydrogen-bond acceptors (Lipinski definition) is 3. The number of hydrogen-bond donors (Lipinski definition) is 0. The summed E-state index contributed by atoms with van der Waals surface area (Å²) in [6.07, 6.45) is -1.38. The maximum Gasteiger partial charge on any atom is 0.573 e. The van der Waals surface area contributed by atoms with Crippen molar-refractivity contribution in [2.24, 2.45) is 0 Å². The van der Waals surface area contributed by atoms with Crippen molar-refractivity contribution < 1.29 is 22.7 Å². The molecular formula is C22H17F3N2O2. The van der Waals surface area contributed by atoms with Crippen LogP contribution < -0.4 is 4.74 Å². The number of aromatic nitrogens is 1. The molecule has 1 aliphatic rings. The number of amides is 1. The zero-order valence-corrected chi connectivity index (χ0v) is 15.5. The van der Waals surface area contributed by atoms with E-state index in [0.717, 1.165) is 22.3 Å². The molecule has 1 amide bonds. The average Bonchev–Trinajstić information content (AvgIpc) is 2.99. The van der Waals surface area contributed by atoms with E-state index in [9.17, 15) is 18.0 Å². The Balaban J connectivity index is 1.62. The predicted octanol–water partition coefficient (Wildman–Crippen LogP) is 5.11. The second-order valence-electron chi connectivity index (χ2n) is 6.88. The van der Waals surface area contributed by atoms with Gasteiger partial charge in [-0.25, -0.2) is 0 Å². The quantitative estimate of drug-likeness (QED) is 0.613. The van der Waals surface area contributed by atoms with Crippen LogP contribution in [-0.4, -0.2) is 22.2 Å². The van der Waals surface area contributed by atoms with Crippen LogP contribution in [-0.2, 0) is 13.1 Å². The van der Waals surface area contributed by atoms with E-state index in [2.05, 4.69) is 9.72 Å². The van der Waals surface area contributed by atoms with E-state index in [1.807, 2.05) is 31.2 Å². The van der Waals surface area contributed by atoms with Gasteiger partial charge < -0.3 is 9.64 Å². The van der Waals surface area contributed by atoms with Crippen LogP contribution in [0, 0.1) is 6.92 Å². The van der Waals surface area contributed by atoms with Gasteiger partial charge in [-0.3, -0.25) is 9.78 Å². The summed E-state index contributed by atoms with van der Waals surface area (Å²) in [4.78, 5) is 18.5. The summed E-state index contributed by atoms with van der Waals surface area (Å²) in [5.74, 6) is -0.487. The summed E-state index contributed by atoms with van der Waals surface area (Å²) in [7, 11) is 0. The minimum Gasteiger partial charge on any atom is -0.405 e. The molecule has 0 saturated carbocycles. The highest BCUT2D eigenvalue weighted by atomic mass is 19.4. The molecule has 7 heteroatoms. The monoisotopic (exact) mass is 398 g/mol. The van der Waals surface area contributed by atoms with Crippen molar-refractivity contribution in [2.75, 3.05) is 0 Å². The molecule has 0 fully saturated rings. The lowest BCUT2D eigenvalue weighted by atomic mass is 9.97. The van der Waals surface area contributed by atoms with E-state index < -0.39 is 6.36 Å². The fraction of sp³-hybridized carbons (Fsp3) is 0.182. The van der Waals surface area contributed by atoms with Crippen LogP contribution in [0.25, 0.3) is 11.1 Å². The summed E-state index contributed by atoms with van der Waals surface area (Å²) in [6, 6.07) is 13.6. The van der Waals surface area contributed by atoms with E-state index in [0.29, 0.717) is 17.7 Å². The van der Waals surface area contributed by atoms with Crippen molar-refractivity contribution in [3.05, 3.63) is 83.2 Å². The highest BCUT2D eigenvalue weighted by Crippen LogP contribution is 2.34. The smallest absolute Gasteiger partial charge is 0.405 e. The number of carbonyl (C=O) groups excluding carboxylic acids is 1. The molecule has 4 nitrogen and oxygen atoms in total. The lowest BCUT2D eigenvalue weighted by Gasteiger charge is -2.19. The van der Waals surface area contributed by atoms with Gasteiger partial charge in [-0.05, 0) is 53.4 Å². The number of para-hydroxylation sites is 1. The molecule has 1 aliphatic heterocycles. The normalized spacial score (nSPS) is 13.5. The molecule has 4 rings (SSSR count). The lowest BCUT2D eigenvalue weighted by molar-refractivity contribution is -0.275. The van der Waals surface area contributed by atoms with Crippen molar-refractivity contribution in [3.63, 3.8) is 0 Å². The maximum absolute atomic E-state index is 12.9. The number of nitrogens with zero attached hydrogens (tertiary/aromatic N) is 2. The summed E-state index contributed by atoms with van der Waals surface area (Å²) in [5.41, 5.74) is 4.56. The van der Waals surface area contributed by atoms with E-state index in [1.54, 1.807) is 18.5 Å². The number of carbonyl (C=O) groups is 1. The predicted molar refractivity (Wildman–Crippen MR) is 101 cm³/mol. The van der Waals surface area contributed by atoms with Gasteiger partial charge in [0.2, 0.25) is 0 Å². The first-order valence-corrected chi connectivity index (χ1v) is 8.98. The molecule has 0 unspecified atom stereocenters. The lowest BCUT2D eigenvalue weighted by Crippen LogP contribution is -2.25.